The highest BCUT2D eigenvalue weighted by Crippen LogP contribution is 2.36. The van der Waals surface area contributed by atoms with E-state index in [1.54, 1.807) is 25.7 Å². The van der Waals surface area contributed by atoms with Crippen LogP contribution in [0.25, 0.3) is 11.0 Å². The number of halogens is 2. The summed E-state index contributed by atoms with van der Waals surface area (Å²) in [6.07, 6.45) is 1.86. The zero-order valence-electron chi connectivity index (χ0n) is 17.4. The summed E-state index contributed by atoms with van der Waals surface area (Å²) >= 11 is 5.76. The van der Waals surface area contributed by atoms with Crippen molar-refractivity contribution in [2.75, 3.05) is 17.8 Å². The van der Waals surface area contributed by atoms with Gasteiger partial charge in [-0.15, -0.1) is 0 Å². The quantitative estimate of drug-likeness (QED) is 0.576. The Morgan fingerprint density at radius 2 is 1.81 bits per heavy atom. The van der Waals surface area contributed by atoms with Gasteiger partial charge in [-0.05, 0) is 69.0 Å². The maximum absolute atomic E-state index is 14.3. The maximum atomic E-state index is 14.3. The van der Waals surface area contributed by atoms with Crippen molar-refractivity contribution in [2.45, 2.75) is 38.5 Å². The van der Waals surface area contributed by atoms with Crippen molar-refractivity contribution in [1.29, 1.82) is 0 Å². The molecule has 4 rings (SSSR count). The molecular formula is C22H22ClFN2O4S. The number of likely N-dealkylation sites (tertiary alicyclic amines) is 1. The third-order valence-corrected chi connectivity index (χ3v) is 7.48. The van der Waals surface area contributed by atoms with Gasteiger partial charge in [0.15, 0.2) is 11.3 Å². The zero-order valence-corrected chi connectivity index (χ0v) is 19.0. The number of nitrogens with one attached hydrogen (secondary N) is 1. The number of sulfonamides is 1. The molecule has 1 aliphatic rings. The molecule has 1 amide bonds. The van der Waals surface area contributed by atoms with Gasteiger partial charge < -0.3 is 9.32 Å². The number of anilines is 1. The highest BCUT2D eigenvalue weighted by Gasteiger charge is 2.30. The van der Waals surface area contributed by atoms with Crippen molar-refractivity contribution in [3.63, 3.8) is 0 Å². The van der Waals surface area contributed by atoms with Crippen LogP contribution in [-0.2, 0) is 10.0 Å². The van der Waals surface area contributed by atoms with Crippen LogP contribution in [0.4, 0.5) is 10.1 Å². The van der Waals surface area contributed by atoms with E-state index >= 15 is 0 Å². The second-order valence-electron chi connectivity index (χ2n) is 7.81. The smallest absolute Gasteiger partial charge is 0.289 e. The molecule has 0 atom stereocenters. The van der Waals surface area contributed by atoms with Crippen LogP contribution < -0.4 is 4.72 Å². The molecule has 1 fully saturated rings. The van der Waals surface area contributed by atoms with E-state index in [-0.39, 0.29) is 32.9 Å². The summed E-state index contributed by atoms with van der Waals surface area (Å²) in [5.41, 5.74) is 1.63. The van der Waals surface area contributed by atoms with Crippen LogP contribution in [0.3, 0.4) is 0 Å². The largest absolute Gasteiger partial charge is 0.449 e. The Kier molecular flexibility index (Phi) is 5.47. The monoisotopic (exact) mass is 464 g/mol. The molecule has 1 aromatic heterocycles. The number of carbonyl (C=O) groups is 1. The predicted octanol–water partition coefficient (Wildman–Crippen LogP) is 5.19. The third kappa shape index (κ3) is 3.78. The summed E-state index contributed by atoms with van der Waals surface area (Å²) in [5.74, 6) is -0.907. The minimum atomic E-state index is -4.23. The molecule has 0 bridgehead atoms. The van der Waals surface area contributed by atoms with Crippen LogP contribution in [0.2, 0.25) is 5.02 Å². The van der Waals surface area contributed by atoms with Gasteiger partial charge in [0.2, 0.25) is 0 Å². The Morgan fingerprint density at radius 3 is 2.45 bits per heavy atom. The highest BCUT2D eigenvalue weighted by atomic mass is 35.5. The molecule has 9 heteroatoms. The van der Waals surface area contributed by atoms with Gasteiger partial charge in [0.05, 0.1) is 5.69 Å². The number of nitrogens with zero attached hydrogens (tertiary/aromatic N) is 1. The fourth-order valence-corrected chi connectivity index (χ4v) is 5.58. The van der Waals surface area contributed by atoms with Crippen LogP contribution in [0.5, 0.6) is 0 Å². The minimum absolute atomic E-state index is 0.0880. The molecule has 0 aliphatic carbocycles. The first-order valence-corrected chi connectivity index (χ1v) is 11.8. The summed E-state index contributed by atoms with van der Waals surface area (Å²) < 4.78 is 49.0. The summed E-state index contributed by atoms with van der Waals surface area (Å²) in [4.78, 5) is 14.5. The van der Waals surface area contributed by atoms with Gasteiger partial charge in [-0.3, -0.25) is 9.52 Å². The molecule has 0 saturated carbocycles. The Morgan fingerprint density at radius 1 is 1.13 bits per heavy atom. The van der Waals surface area contributed by atoms with Crippen molar-refractivity contribution >= 4 is 44.2 Å². The van der Waals surface area contributed by atoms with Crippen LogP contribution in [0.15, 0.2) is 33.6 Å². The number of furan rings is 1. The lowest BCUT2D eigenvalue weighted by Gasteiger charge is -2.14. The molecule has 1 saturated heterocycles. The molecular weight excluding hydrogens is 443 g/mol. The first kappa shape index (κ1) is 21.6. The Balaban J connectivity index is 1.87. The zero-order chi connectivity index (χ0) is 22.5. The van der Waals surface area contributed by atoms with Crippen molar-refractivity contribution in [1.82, 2.24) is 4.90 Å². The molecule has 6 nitrogen and oxygen atoms in total. The van der Waals surface area contributed by atoms with Crippen molar-refractivity contribution in [3.05, 3.63) is 57.6 Å². The van der Waals surface area contributed by atoms with Crippen molar-refractivity contribution in [3.8, 4) is 0 Å². The normalized spacial score (nSPS) is 14.4. The van der Waals surface area contributed by atoms with E-state index in [9.17, 15) is 17.6 Å². The lowest BCUT2D eigenvalue weighted by Crippen LogP contribution is -2.27. The molecule has 0 spiro atoms. The number of hydrogen-bond acceptors (Lipinski definition) is 4. The SMILES string of the molecule is Cc1cc2c(C)c(C(=O)N3CCCC3)oc2c(S(=O)(=O)Nc2ccc(Cl)cc2F)c1C. The number of hydrogen-bond donors (Lipinski definition) is 1. The molecule has 3 aromatic rings. The van der Waals surface area contributed by atoms with E-state index in [2.05, 4.69) is 4.72 Å². The lowest BCUT2D eigenvalue weighted by molar-refractivity contribution is 0.0762. The number of rotatable bonds is 4. The second kappa shape index (κ2) is 7.84. The number of amides is 1. The average Bonchev–Trinajstić information content (AvgIpc) is 3.33. The van der Waals surface area contributed by atoms with Crippen LogP contribution in [-0.4, -0.2) is 32.3 Å². The fraction of sp³-hybridized carbons (Fsp3) is 0.318. The predicted molar refractivity (Wildman–Crippen MR) is 118 cm³/mol. The number of benzene rings is 2. The fourth-order valence-electron chi connectivity index (χ4n) is 3.90. The number of aryl methyl sites for hydroxylation is 2. The average molecular weight is 465 g/mol. The van der Waals surface area contributed by atoms with Gasteiger partial charge >= 0.3 is 0 Å². The Hall–Kier alpha value is -2.58. The van der Waals surface area contributed by atoms with Gasteiger partial charge in [0.25, 0.3) is 15.9 Å². The van der Waals surface area contributed by atoms with E-state index in [0.29, 0.717) is 35.2 Å². The maximum Gasteiger partial charge on any atom is 0.289 e. The van der Waals surface area contributed by atoms with Crippen LogP contribution in [0, 0.1) is 26.6 Å². The van der Waals surface area contributed by atoms with E-state index in [1.807, 2.05) is 6.07 Å². The topological polar surface area (TPSA) is 79.6 Å². The Bertz CT molecular complexity index is 1310. The molecule has 2 heterocycles. The summed E-state index contributed by atoms with van der Waals surface area (Å²) in [7, 11) is -4.23. The molecule has 1 aliphatic heterocycles. The third-order valence-electron chi connectivity index (χ3n) is 5.72. The lowest BCUT2D eigenvalue weighted by atomic mass is 10.0. The molecule has 164 valence electrons. The van der Waals surface area contributed by atoms with Gasteiger partial charge in [-0.1, -0.05) is 11.6 Å². The van der Waals surface area contributed by atoms with Gasteiger partial charge in [0, 0.05) is 29.1 Å². The molecule has 0 radical (unpaired) electrons. The van der Waals surface area contributed by atoms with Crippen LogP contribution >= 0.6 is 11.6 Å². The first-order chi connectivity index (χ1) is 14.6. The summed E-state index contributed by atoms with van der Waals surface area (Å²) in [5, 5.41) is 0.698. The standard InChI is InChI=1S/C22H22ClFN2O4S/c1-12-10-16-14(3)19(22(27)26-8-4-5-9-26)30-20(16)21(13(12)2)31(28,29)25-18-7-6-15(23)11-17(18)24/h6-7,10-11,25H,4-5,8-9H2,1-3H3. The van der Waals surface area contributed by atoms with E-state index in [0.717, 1.165) is 18.9 Å². The Labute approximate surface area is 185 Å². The first-order valence-electron chi connectivity index (χ1n) is 9.90. The summed E-state index contributed by atoms with van der Waals surface area (Å²) in [6, 6.07) is 5.49. The highest BCUT2D eigenvalue weighted by molar-refractivity contribution is 7.93. The second-order valence-corrected chi connectivity index (χ2v) is 9.87. The van der Waals surface area contributed by atoms with Gasteiger partial charge in [0.1, 0.15) is 10.7 Å². The van der Waals surface area contributed by atoms with Gasteiger partial charge in [-0.25, -0.2) is 12.8 Å². The number of carbonyl (C=O) groups excluding carboxylic acids is 1. The van der Waals surface area contributed by atoms with Crippen LogP contribution in [0.1, 0.15) is 40.1 Å². The molecule has 31 heavy (non-hydrogen) atoms. The van der Waals surface area contributed by atoms with E-state index in [4.69, 9.17) is 16.0 Å². The number of fused-ring (bicyclic) bond motifs is 1. The van der Waals surface area contributed by atoms with Crippen molar-refractivity contribution < 1.29 is 22.0 Å². The van der Waals surface area contributed by atoms with E-state index in [1.165, 1.54) is 12.1 Å². The molecule has 0 unspecified atom stereocenters. The van der Waals surface area contributed by atoms with Crippen molar-refractivity contribution in [2.24, 2.45) is 0 Å². The minimum Gasteiger partial charge on any atom is -0.449 e. The molecule has 1 N–H and O–H groups in total. The van der Waals surface area contributed by atoms with E-state index < -0.39 is 15.8 Å². The molecule has 2 aromatic carbocycles. The summed E-state index contributed by atoms with van der Waals surface area (Å²) in [6.45, 7) is 6.48. The van der Waals surface area contributed by atoms with Gasteiger partial charge in [-0.2, -0.15) is 0 Å².